The summed E-state index contributed by atoms with van der Waals surface area (Å²) in [5, 5.41) is 0.539. The Kier molecular flexibility index (Phi) is 3.99. The summed E-state index contributed by atoms with van der Waals surface area (Å²) >= 11 is 9.26. The number of nitrogens with zero attached hydrogens (tertiary/aromatic N) is 1. The molecule has 0 bridgehead atoms. The summed E-state index contributed by atoms with van der Waals surface area (Å²) in [5.41, 5.74) is 6.59. The molecular weight excluding hydrogens is 304 g/mol. The van der Waals surface area contributed by atoms with Crippen LogP contribution in [0.15, 0.2) is 41.1 Å². The van der Waals surface area contributed by atoms with Gasteiger partial charge in [-0.15, -0.1) is 0 Å². The lowest BCUT2D eigenvalue weighted by molar-refractivity contribution is 0.477. The summed E-state index contributed by atoms with van der Waals surface area (Å²) in [6, 6.07) is 7.40. The third kappa shape index (κ3) is 3.19. The third-order valence-electron chi connectivity index (χ3n) is 2.14. The van der Waals surface area contributed by atoms with Gasteiger partial charge in [-0.25, -0.2) is 0 Å². The second-order valence-corrected chi connectivity index (χ2v) is 4.70. The first kappa shape index (κ1) is 12.4. The van der Waals surface area contributed by atoms with Crippen LogP contribution in [0.1, 0.15) is 5.56 Å². The van der Waals surface area contributed by atoms with Crippen LogP contribution >= 0.6 is 27.5 Å². The molecule has 2 rings (SSSR count). The molecule has 0 fully saturated rings. The summed E-state index contributed by atoms with van der Waals surface area (Å²) in [6.45, 7) is 0.498. The average Bonchev–Trinajstić information content (AvgIpc) is 2.32. The van der Waals surface area contributed by atoms with Gasteiger partial charge in [-0.3, -0.25) is 4.98 Å². The minimum absolute atomic E-state index is 0.498. The standard InChI is InChI=1S/C12H10BrClN2O/c13-11-3-8(5-15)1-2-12(11)17-10-4-9(14)6-16-7-10/h1-4,6-7H,5,15H2. The molecule has 5 heteroatoms. The number of nitrogens with two attached hydrogens (primary N) is 1. The van der Waals surface area contributed by atoms with E-state index in [1.54, 1.807) is 18.5 Å². The zero-order chi connectivity index (χ0) is 12.3. The highest BCUT2D eigenvalue weighted by atomic mass is 79.9. The fourth-order valence-corrected chi connectivity index (χ4v) is 2.00. The molecule has 17 heavy (non-hydrogen) atoms. The zero-order valence-electron chi connectivity index (χ0n) is 8.86. The number of halogens is 2. The highest BCUT2D eigenvalue weighted by Gasteiger charge is 2.04. The topological polar surface area (TPSA) is 48.1 Å². The van der Waals surface area contributed by atoms with Gasteiger partial charge >= 0.3 is 0 Å². The van der Waals surface area contributed by atoms with Gasteiger partial charge in [0.15, 0.2) is 0 Å². The largest absolute Gasteiger partial charge is 0.455 e. The Morgan fingerprint density at radius 2 is 2.12 bits per heavy atom. The van der Waals surface area contributed by atoms with E-state index < -0.39 is 0 Å². The predicted octanol–water partition coefficient (Wildman–Crippen LogP) is 3.75. The molecular formula is C12H10BrClN2O. The van der Waals surface area contributed by atoms with Crippen molar-refractivity contribution in [3.63, 3.8) is 0 Å². The second kappa shape index (κ2) is 5.49. The van der Waals surface area contributed by atoms with Crippen molar-refractivity contribution in [1.29, 1.82) is 0 Å². The average molecular weight is 314 g/mol. The lowest BCUT2D eigenvalue weighted by atomic mass is 10.2. The van der Waals surface area contributed by atoms with E-state index in [1.807, 2.05) is 18.2 Å². The number of benzene rings is 1. The molecule has 1 aromatic heterocycles. The van der Waals surface area contributed by atoms with Gasteiger partial charge in [0.05, 0.1) is 15.7 Å². The van der Waals surface area contributed by atoms with E-state index in [-0.39, 0.29) is 0 Å². The minimum atomic E-state index is 0.498. The number of aromatic nitrogens is 1. The van der Waals surface area contributed by atoms with Gasteiger partial charge in [0.1, 0.15) is 11.5 Å². The number of hydrogen-bond acceptors (Lipinski definition) is 3. The molecule has 0 radical (unpaired) electrons. The molecule has 0 amide bonds. The molecule has 2 aromatic rings. The highest BCUT2D eigenvalue weighted by Crippen LogP contribution is 2.30. The van der Waals surface area contributed by atoms with Crippen LogP contribution in [0.4, 0.5) is 0 Å². The lowest BCUT2D eigenvalue weighted by Crippen LogP contribution is -1.96. The number of hydrogen-bond donors (Lipinski definition) is 1. The molecule has 0 spiro atoms. The third-order valence-corrected chi connectivity index (χ3v) is 2.97. The van der Waals surface area contributed by atoms with Crippen molar-refractivity contribution in [1.82, 2.24) is 4.98 Å². The van der Waals surface area contributed by atoms with Crippen LogP contribution in [0.5, 0.6) is 11.5 Å². The van der Waals surface area contributed by atoms with Crippen molar-refractivity contribution in [2.75, 3.05) is 0 Å². The molecule has 0 saturated carbocycles. The van der Waals surface area contributed by atoms with E-state index in [4.69, 9.17) is 22.1 Å². The number of rotatable bonds is 3. The van der Waals surface area contributed by atoms with E-state index in [0.29, 0.717) is 23.1 Å². The summed E-state index contributed by atoms with van der Waals surface area (Å²) in [7, 11) is 0. The van der Waals surface area contributed by atoms with Crippen molar-refractivity contribution in [3.05, 3.63) is 51.7 Å². The van der Waals surface area contributed by atoms with Gasteiger partial charge in [0.25, 0.3) is 0 Å². The zero-order valence-corrected chi connectivity index (χ0v) is 11.2. The van der Waals surface area contributed by atoms with Crippen molar-refractivity contribution < 1.29 is 4.74 Å². The molecule has 88 valence electrons. The van der Waals surface area contributed by atoms with E-state index in [0.717, 1.165) is 10.0 Å². The summed E-state index contributed by atoms with van der Waals surface area (Å²) in [6.07, 6.45) is 3.16. The Morgan fingerprint density at radius 3 is 2.76 bits per heavy atom. The van der Waals surface area contributed by atoms with E-state index >= 15 is 0 Å². The fraction of sp³-hybridized carbons (Fsp3) is 0.0833. The maximum absolute atomic E-state index is 5.83. The van der Waals surface area contributed by atoms with Crippen molar-refractivity contribution in [3.8, 4) is 11.5 Å². The molecule has 1 aromatic carbocycles. The van der Waals surface area contributed by atoms with Gasteiger partial charge in [-0.05, 0) is 33.6 Å². The van der Waals surface area contributed by atoms with Gasteiger partial charge in [-0.1, -0.05) is 17.7 Å². The SMILES string of the molecule is NCc1ccc(Oc2cncc(Cl)c2)c(Br)c1. The van der Waals surface area contributed by atoms with E-state index in [2.05, 4.69) is 20.9 Å². The maximum atomic E-state index is 5.83. The van der Waals surface area contributed by atoms with Gasteiger partial charge in [-0.2, -0.15) is 0 Å². The highest BCUT2D eigenvalue weighted by molar-refractivity contribution is 9.10. The summed E-state index contributed by atoms with van der Waals surface area (Å²) in [5.74, 6) is 1.30. The minimum Gasteiger partial charge on any atom is -0.455 e. The Labute approximate surface area is 113 Å². The molecule has 0 aliphatic carbocycles. The van der Waals surface area contributed by atoms with Gasteiger partial charge < -0.3 is 10.5 Å². The Bertz CT molecular complexity index is 534. The van der Waals surface area contributed by atoms with Crippen molar-refractivity contribution >= 4 is 27.5 Å². The van der Waals surface area contributed by atoms with Crippen LogP contribution in [0, 0.1) is 0 Å². The number of pyridine rings is 1. The van der Waals surface area contributed by atoms with Crippen LogP contribution in [0.3, 0.4) is 0 Å². The van der Waals surface area contributed by atoms with Crippen LogP contribution in [0.25, 0.3) is 0 Å². The quantitative estimate of drug-likeness (QED) is 0.939. The normalized spacial score (nSPS) is 10.3. The predicted molar refractivity (Wildman–Crippen MR) is 71.4 cm³/mol. The molecule has 2 N–H and O–H groups in total. The molecule has 3 nitrogen and oxygen atoms in total. The van der Waals surface area contributed by atoms with Crippen LogP contribution < -0.4 is 10.5 Å². The molecule has 0 saturated heterocycles. The molecule has 0 atom stereocenters. The molecule has 0 unspecified atom stereocenters. The summed E-state index contributed by atoms with van der Waals surface area (Å²) in [4.78, 5) is 3.95. The fourth-order valence-electron chi connectivity index (χ4n) is 1.33. The van der Waals surface area contributed by atoms with Crippen molar-refractivity contribution in [2.24, 2.45) is 5.73 Å². The smallest absolute Gasteiger partial charge is 0.147 e. The van der Waals surface area contributed by atoms with Crippen LogP contribution in [0.2, 0.25) is 5.02 Å². The lowest BCUT2D eigenvalue weighted by Gasteiger charge is -2.08. The monoisotopic (exact) mass is 312 g/mol. The maximum Gasteiger partial charge on any atom is 0.147 e. The van der Waals surface area contributed by atoms with Gasteiger partial charge in [0, 0.05) is 18.8 Å². The van der Waals surface area contributed by atoms with E-state index in [1.165, 1.54) is 0 Å². The van der Waals surface area contributed by atoms with Crippen LogP contribution in [-0.2, 0) is 6.54 Å². The van der Waals surface area contributed by atoms with Crippen molar-refractivity contribution in [2.45, 2.75) is 6.54 Å². The Balaban J connectivity index is 2.24. The second-order valence-electron chi connectivity index (χ2n) is 3.41. The van der Waals surface area contributed by atoms with Gasteiger partial charge in [0.2, 0.25) is 0 Å². The molecule has 0 aliphatic heterocycles. The molecule has 1 heterocycles. The first-order valence-electron chi connectivity index (χ1n) is 4.96. The number of ether oxygens (including phenoxy) is 1. The van der Waals surface area contributed by atoms with E-state index in [9.17, 15) is 0 Å². The van der Waals surface area contributed by atoms with Crippen LogP contribution in [-0.4, -0.2) is 4.98 Å². The summed E-state index contributed by atoms with van der Waals surface area (Å²) < 4.78 is 6.50. The Hall–Kier alpha value is -1.10. The Morgan fingerprint density at radius 1 is 1.29 bits per heavy atom. The molecule has 0 aliphatic rings. The first-order valence-corrected chi connectivity index (χ1v) is 6.13. The first-order chi connectivity index (χ1) is 8.19.